The van der Waals surface area contributed by atoms with E-state index in [1.807, 2.05) is 0 Å². The first-order valence-electron chi connectivity index (χ1n) is 6.43. The van der Waals surface area contributed by atoms with Gasteiger partial charge in [-0.05, 0) is 37.0 Å². The molecular weight excluding hydrogens is 248 g/mol. The standard InChI is InChI=1S/C14H19ClN2O/c15-11-6-7-12(14(16)17)13(8-11)18-9-10-4-2-1-3-5-10/h6-8,10H,1-5,9H2,(H3,16,17). The van der Waals surface area contributed by atoms with Crippen molar-refractivity contribution in [2.45, 2.75) is 32.1 Å². The Morgan fingerprint density at radius 3 is 2.72 bits per heavy atom. The molecule has 3 nitrogen and oxygen atoms in total. The Bertz CT molecular complexity index is 428. The fourth-order valence-corrected chi connectivity index (χ4v) is 2.56. The summed E-state index contributed by atoms with van der Waals surface area (Å²) in [5.41, 5.74) is 6.15. The van der Waals surface area contributed by atoms with E-state index in [-0.39, 0.29) is 5.84 Å². The number of benzene rings is 1. The molecule has 1 aliphatic carbocycles. The number of amidine groups is 1. The lowest BCUT2D eigenvalue weighted by atomic mass is 9.90. The number of nitrogens with one attached hydrogen (secondary N) is 1. The predicted octanol–water partition coefficient (Wildman–Crippen LogP) is 3.58. The minimum atomic E-state index is 0.0188. The Morgan fingerprint density at radius 2 is 2.06 bits per heavy atom. The first-order chi connectivity index (χ1) is 8.66. The zero-order chi connectivity index (χ0) is 13.0. The van der Waals surface area contributed by atoms with Crippen LogP contribution in [0.1, 0.15) is 37.7 Å². The summed E-state index contributed by atoms with van der Waals surface area (Å²) >= 11 is 5.95. The van der Waals surface area contributed by atoms with Crippen molar-refractivity contribution in [2.24, 2.45) is 11.7 Å². The summed E-state index contributed by atoms with van der Waals surface area (Å²) in [4.78, 5) is 0. The molecule has 0 aromatic heterocycles. The van der Waals surface area contributed by atoms with E-state index >= 15 is 0 Å². The third-order valence-corrected chi connectivity index (χ3v) is 3.67. The van der Waals surface area contributed by atoms with E-state index in [1.54, 1.807) is 18.2 Å². The van der Waals surface area contributed by atoms with Crippen LogP contribution < -0.4 is 10.5 Å². The second-order valence-electron chi connectivity index (χ2n) is 4.87. The lowest BCUT2D eigenvalue weighted by Gasteiger charge is -2.22. The number of ether oxygens (including phenoxy) is 1. The molecule has 0 bridgehead atoms. The highest BCUT2D eigenvalue weighted by Crippen LogP contribution is 2.27. The topological polar surface area (TPSA) is 59.1 Å². The van der Waals surface area contributed by atoms with Crippen molar-refractivity contribution in [3.8, 4) is 5.75 Å². The van der Waals surface area contributed by atoms with Gasteiger partial charge < -0.3 is 10.5 Å². The van der Waals surface area contributed by atoms with Gasteiger partial charge in [0.05, 0.1) is 12.2 Å². The van der Waals surface area contributed by atoms with Crippen molar-refractivity contribution in [3.63, 3.8) is 0 Å². The van der Waals surface area contributed by atoms with Crippen LogP contribution in [0.2, 0.25) is 5.02 Å². The van der Waals surface area contributed by atoms with Gasteiger partial charge in [0, 0.05) is 5.02 Å². The summed E-state index contributed by atoms with van der Waals surface area (Å²) in [5.74, 6) is 1.27. The number of hydrogen-bond acceptors (Lipinski definition) is 2. The van der Waals surface area contributed by atoms with Gasteiger partial charge in [0.15, 0.2) is 0 Å². The van der Waals surface area contributed by atoms with E-state index in [2.05, 4.69) is 0 Å². The molecule has 0 atom stereocenters. The molecule has 1 aromatic carbocycles. The Labute approximate surface area is 113 Å². The van der Waals surface area contributed by atoms with Crippen LogP contribution in [0, 0.1) is 11.3 Å². The number of hydrogen-bond donors (Lipinski definition) is 2. The maximum atomic E-state index is 7.52. The third kappa shape index (κ3) is 3.39. The number of rotatable bonds is 4. The molecule has 0 spiro atoms. The quantitative estimate of drug-likeness (QED) is 0.646. The van der Waals surface area contributed by atoms with E-state index in [4.69, 9.17) is 27.5 Å². The van der Waals surface area contributed by atoms with E-state index < -0.39 is 0 Å². The summed E-state index contributed by atoms with van der Waals surface area (Å²) in [7, 11) is 0. The smallest absolute Gasteiger partial charge is 0.131 e. The largest absolute Gasteiger partial charge is 0.492 e. The maximum absolute atomic E-state index is 7.52. The van der Waals surface area contributed by atoms with Gasteiger partial charge in [0.1, 0.15) is 11.6 Å². The predicted molar refractivity (Wildman–Crippen MR) is 74.5 cm³/mol. The van der Waals surface area contributed by atoms with Gasteiger partial charge in [-0.1, -0.05) is 30.9 Å². The Kier molecular flexibility index (Phi) is 4.48. The van der Waals surface area contributed by atoms with Gasteiger partial charge in [-0.25, -0.2) is 0 Å². The van der Waals surface area contributed by atoms with Crippen molar-refractivity contribution in [2.75, 3.05) is 6.61 Å². The average molecular weight is 267 g/mol. The van der Waals surface area contributed by atoms with Gasteiger partial charge in [-0.2, -0.15) is 0 Å². The van der Waals surface area contributed by atoms with Crippen molar-refractivity contribution < 1.29 is 4.74 Å². The monoisotopic (exact) mass is 266 g/mol. The van der Waals surface area contributed by atoms with Gasteiger partial charge >= 0.3 is 0 Å². The maximum Gasteiger partial charge on any atom is 0.131 e. The van der Waals surface area contributed by atoms with Crippen LogP contribution >= 0.6 is 11.6 Å². The molecule has 0 unspecified atom stereocenters. The second-order valence-corrected chi connectivity index (χ2v) is 5.31. The first kappa shape index (κ1) is 13.2. The minimum absolute atomic E-state index is 0.0188. The third-order valence-electron chi connectivity index (χ3n) is 3.43. The number of nitrogens with two attached hydrogens (primary N) is 1. The van der Waals surface area contributed by atoms with Gasteiger partial charge in [0.2, 0.25) is 0 Å². The molecule has 1 fully saturated rings. The highest BCUT2D eigenvalue weighted by Gasteiger charge is 2.15. The summed E-state index contributed by atoms with van der Waals surface area (Å²) in [6.45, 7) is 0.695. The fourth-order valence-electron chi connectivity index (χ4n) is 2.40. The SMILES string of the molecule is N=C(N)c1ccc(Cl)cc1OCC1CCCCC1. The van der Waals surface area contributed by atoms with E-state index in [0.717, 1.165) is 0 Å². The molecule has 4 heteroatoms. The molecule has 2 rings (SSSR count). The molecule has 0 aliphatic heterocycles. The zero-order valence-electron chi connectivity index (χ0n) is 10.4. The van der Waals surface area contributed by atoms with Crippen LogP contribution in [-0.4, -0.2) is 12.4 Å². The molecule has 0 heterocycles. The first-order valence-corrected chi connectivity index (χ1v) is 6.81. The van der Waals surface area contributed by atoms with Gasteiger partial charge in [0.25, 0.3) is 0 Å². The highest BCUT2D eigenvalue weighted by molar-refractivity contribution is 6.30. The Hall–Kier alpha value is -1.22. The lowest BCUT2D eigenvalue weighted by molar-refractivity contribution is 0.208. The molecule has 0 radical (unpaired) electrons. The zero-order valence-corrected chi connectivity index (χ0v) is 11.2. The van der Waals surface area contributed by atoms with Crippen molar-refractivity contribution in [1.29, 1.82) is 5.41 Å². The van der Waals surface area contributed by atoms with E-state index in [0.29, 0.717) is 28.9 Å². The minimum Gasteiger partial charge on any atom is -0.492 e. The average Bonchev–Trinajstić information content (AvgIpc) is 2.37. The van der Waals surface area contributed by atoms with Crippen LogP contribution in [0.15, 0.2) is 18.2 Å². The molecule has 1 aromatic rings. The Balaban J connectivity index is 2.03. The summed E-state index contributed by atoms with van der Waals surface area (Å²) < 4.78 is 5.81. The second kappa shape index (κ2) is 6.10. The molecule has 1 saturated carbocycles. The summed E-state index contributed by atoms with van der Waals surface area (Å²) in [5, 5.41) is 8.13. The van der Waals surface area contributed by atoms with E-state index in [9.17, 15) is 0 Å². The summed E-state index contributed by atoms with van der Waals surface area (Å²) in [6.07, 6.45) is 6.39. The van der Waals surface area contributed by atoms with Gasteiger partial charge in [-0.15, -0.1) is 0 Å². The molecule has 1 aliphatic rings. The molecule has 18 heavy (non-hydrogen) atoms. The van der Waals surface area contributed by atoms with Crippen molar-refractivity contribution in [1.82, 2.24) is 0 Å². The lowest BCUT2D eigenvalue weighted by Crippen LogP contribution is -2.18. The van der Waals surface area contributed by atoms with Crippen molar-refractivity contribution >= 4 is 17.4 Å². The normalized spacial score (nSPS) is 16.5. The molecule has 0 amide bonds. The van der Waals surface area contributed by atoms with Crippen LogP contribution in [0.5, 0.6) is 5.75 Å². The molecular formula is C14H19ClN2O. The number of nitrogen functional groups attached to an aromatic ring is 1. The van der Waals surface area contributed by atoms with E-state index in [1.165, 1.54) is 32.1 Å². The van der Waals surface area contributed by atoms with Crippen LogP contribution in [-0.2, 0) is 0 Å². The van der Waals surface area contributed by atoms with Crippen LogP contribution in [0.3, 0.4) is 0 Å². The Morgan fingerprint density at radius 1 is 1.33 bits per heavy atom. The van der Waals surface area contributed by atoms with Crippen molar-refractivity contribution in [3.05, 3.63) is 28.8 Å². The summed E-state index contributed by atoms with van der Waals surface area (Å²) in [6, 6.07) is 5.20. The van der Waals surface area contributed by atoms with Gasteiger partial charge in [-0.3, -0.25) is 5.41 Å². The molecule has 3 N–H and O–H groups in total. The fraction of sp³-hybridized carbons (Fsp3) is 0.500. The highest BCUT2D eigenvalue weighted by atomic mass is 35.5. The number of halogens is 1. The van der Waals surface area contributed by atoms with Crippen LogP contribution in [0.25, 0.3) is 0 Å². The molecule has 0 saturated heterocycles. The molecule has 98 valence electrons. The van der Waals surface area contributed by atoms with Crippen LogP contribution in [0.4, 0.5) is 0 Å².